The molecule has 0 atom stereocenters. The summed E-state index contributed by atoms with van der Waals surface area (Å²) in [5.74, 6) is 0. The highest BCUT2D eigenvalue weighted by molar-refractivity contribution is 6.31. The molecule has 0 aliphatic heterocycles. The minimum atomic E-state index is 0.274. The third-order valence-corrected chi connectivity index (χ3v) is 4.72. The van der Waals surface area contributed by atoms with Crippen molar-refractivity contribution in [3.63, 3.8) is 0 Å². The molecule has 3 nitrogen and oxygen atoms in total. The average molecular weight is 286 g/mol. The highest BCUT2D eigenvalue weighted by atomic mass is 35.5. The fourth-order valence-corrected chi connectivity index (χ4v) is 3.06. The smallest absolute Gasteiger partial charge is 0.0850 e. The maximum Gasteiger partial charge on any atom is 0.0850 e. The van der Waals surface area contributed by atoms with Gasteiger partial charge in [-0.25, -0.2) is 0 Å². The van der Waals surface area contributed by atoms with Gasteiger partial charge in [0.05, 0.1) is 16.4 Å². The molecule has 1 N–H and O–H groups in total. The van der Waals surface area contributed by atoms with E-state index < -0.39 is 0 Å². The van der Waals surface area contributed by atoms with Gasteiger partial charge < -0.3 is 5.32 Å². The molecule has 0 saturated carbocycles. The highest BCUT2D eigenvalue weighted by Crippen LogP contribution is 2.34. The molecule has 1 heterocycles. The molecule has 4 heteroatoms. The van der Waals surface area contributed by atoms with Crippen LogP contribution in [0.4, 0.5) is 0 Å². The Balaban J connectivity index is 3.11. The Morgan fingerprint density at radius 2 is 1.84 bits per heavy atom. The number of hydrogen-bond acceptors (Lipinski definition) is 2. The standard InChI is InChI=1S/C15H28ClN3/c1-6-12-14(16)13(19(9-4)18-12)10-15(7-2,8-3)11-17-5/h17H,6-11H2,1-5H3. The van der Waals surface area contributed by atoms with E-state index >= 15 is 0 Å². The number of nitrogens with zero attached hydrogens (tertiary/aromatic N) is 2. The Morgan fingerprint density at radius 3 is 2.26 bits per heavy atom. The van der Waals surface area contributed by atoms with Crippen molar-refractivity contribution >= 4 is 11.6 Å². The molecule has 0 aliphatic carbocycles. The van der Waals surface area contributed by atoms with Crippen LogP contribution in [0, 0.1) is 5.41 Å². The monoisotopic (exact) mass is 285 g/mol. The van der Waals surface area contributed by atoms with Crippen LogP contribution in [0.15, 0.2) is 0 Å². The third-order valence-electron chi connectivity index (χ3n) is 4.29. The first-order chi connectivity index (χ1) is 9.07. The van der Waals surface area contributed by atoms with E-state index in [1.807, 2.05) is 7.05 Å². The van der Waals surface area contributed by atoms with Gasteiger partial charge in [-0.1, -0.05) is 32.4 Å². The van der Waals surface area contributed by atoms with Gasteiger partial charge in [0.25, 0.3) is 0 Å². The predicted molar refractivity (Wildman–Crippen MR) is 82.9 cm³/mol. The summed E-state index contributed by atoms with van der Waals surface area (Å²) >= 11 is 6.52. The van der Waals surface area contributed by atoms with Gasteiger partial charge in [-0.15, -0.1) is 0 Å². The lowest BCUT2D eigenvalue weighted by Gasteiger charge is -2.32. The largest absolute Gasteiger partial charge is 0.319 e. The van der Waals surface area contributed by atoms with Crippen molar-refractivity contribution in [2.75, 3.05) is 13.6 Å². The molecular weight excluding hydrogens is 258 g/mol. The molecule has 0 radical (unpaired) electrons. The molecule has 1 aromatic rings. The first-order valence-corrected chi connectivity index (χ1v) is 7.83. The maximum absolute atomic E-state index is 6.52. The molecule has 0 fully saturated rings. The average Bonchev–Trinajstić information content (AvgIpc) is 2.74. The van der Waals surface area contributed by atoms with Gasteiger partial charge in [-0.3, -0.25) is 4.68 Å². The van der Waals surface area contributed by atoms with E-state index in [-0.39, 0.29) is 5.41 Å². The van der Waals surface area contributed by atoms with E-state index in [1.165, 1.54) is 5.69 Å². The quantitative estimate of drug-likeness (QED) is 0.789. The van der Waals surface area contributed by atoms with Gasteiger partial charge in [0, 0.05) is 13.1 Å². The summed E-state index contributed by atoms with van der Waals surface area (Å²) in [5.41, 5.74) is 2.51. The molecule has 0 spiro atoms. The zero-order chi connectivity index (χ0) is 14.5. The van der Waals surface area contributed by atoms with E-state index in [1.54, 1.807) is 0 Å². The van der Waals surface area contributed by atoms with Crippen LogP contribution in [0.25, 0.3) is 0 Å². The van der Waals surface area contributed by atoms with Gasteiger partial charge >= 0.3 is 0 Å². The van der Waals surface area contributed by atoms with Gasteiger partial charge in [0.2, 0.25) is 0 Å². The summed E-state index contributed by atoms with van der Waals surface area (Å²) in [7, 11) is 2.02. The van der Waals surface area contributed by atoms with Crippen molar-refractivity contribution in [1.82, 2.24) is 15.1 Å². The van der Waals surface area contributed by atoms with Crippen LogP contribution >= 0.6 is 11.6 Å². The van der Waals surface area contributed by atoms with Crippen molar-refractivity contribution in [1.29, 1.82) is 0 Å². The van der Waals surface area contributed by atoms with Crippen molar-refractivity contribution in [3.05, 3.63) is 16.4 Å². The number of aryl methyl sites for hydroxylation is 2. The summed E-state index contributed by atoms with van der Waals surface area (Å²) in [4.78, 5) is 0. The summed E-state index contributed by atoms with van der Waals surface area (Å²) in [6.07, 6.45) is 4.20. The van der Waals surface area contributed by atoms with E-state index in [2.05, 4.69) is 42.8 Å². The Kier molecular flexibility index (Phi) is 6.34. The second-order valence-electron chi connectivity index (χ2n) is 5.29. The second kappa shape index (κ2) is 7.30. The molecular formula is C15H28ClN3. The first-order valence-electron chi connectivity index (χ1n) is 7.46. The van der Waals surface area contributed by atoms with Crippen LogP contribution in [-0.2, 0) is 19.4 Å². The molecule has 1 aromatic heterocycles. The van der Waals surface area contributed by atoms with Crippen molar-refractivity contribution in [2.45, 2.75) is 59.9 Å². The predicted octanol–water partition coefficient (Wildman–Crippen LogP) is 3.69. The molecule has 0 amide bonds. The van der Waals surface area contributed by atoms with Crippen LogP contribution in [0.3, 0.4) is 0 Å². The van der Waals surface area contributed by atoms with E-state index in [0.717, 1.165) is 49.5 Å². The Hall–Kier alpha value is -0.540. The number of nitrogens with one attached hydrogen (secondary N) is 1. The number of aromatic nitrogens is 2. The minimum Gasteiger partial charge on any atom is -0.319 e. The fraction of sp³-hybridized carbons (Fsp3) is 0.800. The van der Waals surface area contributed by atoms with Crippen molar-refractivity contribution in [3.8, 4) is 0 Å². The molecule has 1 rings (SSSR count). The van der Waals surface area contributed by atoms with Gasteiger partial charge in [0.15, 0.2) is 0 Å². The van der Waals surface area contributed by atoms with Crippen molar-refractivity contribution in [2.24, 2.45) is 5.41 Å². The lowest BCUT2D eigenvalue weighted by Crippen LogP contribution is -2.34. The summed E-state index contributed by atoms with van der Waals surface area (Å²) in [5, 5.41) is 8.84. The molecule has 0 aliphatic rings. The van der Waals surface area contributed by atoms with E-state index in [0.29, 0.717) is 0 Å². The van der Waals surface area contributed by atoms with Crippen LogP contribution in [0.1, 0.15) is 51.9 Å². The SMILES string of the molecule is CCc1nn(CC)c(CC(CC)(CC)CNC)c1Cl. The molecule has 110 valence electrons. The third kappa shape index (κ3) is 3.51. The maximum atomic E-state index is 6.52. The number of halogens is 1. The summed E-state index contributed by atoms with van der Waals surface area (Å²) in [6.45, 7) is 10.7. The minimum absolute atomic E-state index is 0.274. The fourth-order valence-electron chi connectivity index (χ4n) is 2.73. The van der Waals surface area contributed by atoms with E-state index in [9.17, 15) is 0 Å². The van der Waals surface area contributed by atoms with Crippen LogP contribution in [0.2, 0.25) is 5.02 Å². The summed E-state index contributed by atoms with van der Waals surface area (Å²) < 4.78 is 2.08. The zero-order valence-electron chi connectivity index (χ0n) is 13.0. The molecule has 0 saturated heterocycles. The lowest BCUT2D eigenvalue weighted by atomic mass is 9.78. The topological polar surface area (TPSA) is 29.9 Å². The van der Waals surface area contributed by atoms with E-state index in [4.69, 9.17) is 11.6 Å². The van der Waals surface area contributed by atoms with Crippen LogP contribution < -0.4 is 5.32 Å². The van der Waals surface area contributed by atoms with Crippen molar-refractivity contribution < 1.29 is 0 Å². The molecule has 0 aromatic carbocycles. The molecule has 19 heavy (non-hydrogen) atoms. The van der Waals surface area contributed by atoms with Crippen LogP contribution in [-0.4, -0.2) is 23.4 Å². The zero-order valence-corrected chi connectivity index (χ0v) is 13.8. The van der Waals surface area contributed by atoms with Gasteiger partial charge in [0.1, 0.15) is 0 Å². The number of rotatable bonds is 8. The molecule has 0 unspecified atom stereocenters. The lowest BCUT2D eigenvalue weighted by molar-refractivity contribution is 0.246. The first kappa shape index (κ1) is 16.5. The Morgan fingerprint density at radius 1 is 1.21 bits per heavy atom. The summed E-state index contributed by atoms with van der Waals surface area (Å²) in [6, 6.07) is 0. The normalized spacial score (nSPS) is 12.1. The number of hydrogen-bond donors (Lipinski definition) is 1. The highest BCUT2D eigenvalue weighted by Gasteiger charge is 2.29. The Labute approximate surface area is 122 Å². The molecule has 0 bridgehead atoms. The second-order valence-corrected chi connectivity index (χ2v) is 5.67. The van der Waals surface area contributed by atoms with Crippen LogP contribution in [0.5, 0.6) is 0 Å². The Bertz CT molecular complexity index is 394. The van der Waals surface area contributed by atoms with Gasteiger partial charge in [-0.2, -0.15) is 5.10 Å². The van der Waals surface area contributed by atoms with Gasteiger partial charge in [-0.05, 0) is 45.1 Å².